The molecular weight excluding hydrogens is 354 g/mol. The number of nitrogens with zero attached hydrogens (tertiary/aromatic N) is 2. The van der Waals surface area contributed by atoms with Gasteiger partial charge in [0.15, 0.2) is 9.84 Å². The highest BCUT2D eigenvalue weighted by atomic mass is 32.2. The average Bonchev–Trinajstić information content (AvgIpc) is 2.61. The maximum atomic E-state index is 12.4. The third kappa shape index (κ3) is 5.04. The maximum absolute atomic E-state index is 12.4. The predicted octanol–water partition coefficient (Wildman–Crippen LogP) is 0.647. The smallest absolute Gasteiger partial charge is 0.236 e. The summed E-state index contributed by atoms with van der Waals surface area (Å²) in [6.45, 7) is 5.34. The van der Waals surface area contributed by atoms with Crippen LogP contribution in [0, 0.1) is 0 Å². The maximum Gasteiger partial charge on any atom is 0.236 e. The highest BCUT2D eigenvalue weighted by Gasteiger charge is 2.34. The number of amides is 2. The van der Waals surface area contributed by atoms with Crippen LogP contribution in [0.15, 0.2) is 35.2 Å². The second kappa shape index (κ2) is 8.64. The van der Waals surface area contributed by atoms with E-state index in [0.29, 0.717) is 13.1 Å². The lowest BCUT2D eigenvalue weighted by atomic mass is 10.1. The third-order valence-corrected chi connectivity index (χ3v) is 6.49. The van der Waals surface area contributed by atoms with Gasteiger partial charge >= 0.3 is 0 Å². The van der Waals surface area contributed by atoms with Crippen LogP contribution in [0.4, 0.5) is 0 Å². The summed E-state index contributed by atoms with van der Waals surface area (Å²) in [5.41, 5.74) is 5.48. The average molecular weight is 381 g/mol. The zero-order valence-electron chi connectivity index (χ0n) is 15.3. The summed E-state index contributed by atoms with van der Waals surface area (Å²) in [4.78, 5) is 28.0. The molecule has 8 heteroatoms. The Hall–Kier alpha value is -1.93. The second-order valence-electron chi connectivity index (χ2n) is 6.82. The third-order valence-electron chi connectivity index (χ3n) is 4.67. The minimum Gasteiger partial charge on any atom is -0.368 e. The molecule has 1 heterocycles. The molecule has 1 aliphatic rings. The first-order chi connectivity index (χ1) is 12.2. The van der Waals surface area contributed by atoms with Crippen molar-refractivity contribution >= 4 is 21.7 Å². The van der Waals surface area contributed by atoms with E-state index in [1.807, 2.05) is 18.7 Å². The molecule has 0 spiro atoms. The molecule has 7 nitrogen and oxygen atoms in total. The molecule has 26 heavy (non-hydrogen) atoms. The van der Waals surface area contributed by atoms with Gasteiger partial charge in [-0.1, -0.05) is 18.2 Å². The van der Waals surface area contributed by atoms with Crippen LogP contribution < -0.4 is 5.73 Å². The zero-order valence-corrected chi connectivity index (χ0v) is 16.1. The highest BCUT2D eigenvalue weighted by Crippen LogP contribution is 2.16. The number of hydrogen-bond acceptors (Lipinski definition) is 5. The molecule has 0 radical (unpaired) electrons. The normalized spacial score (nSPS) is 18.9. The van der Waals surface area contributed by atoms with Crippen molar-refractivity contribution in [3.63, 3.8) is 0 Å². The van der Waals surface area contributed by atoms with Crippen molar-refractivity contribution in [2.24, 2.45) is 5.73 Å². The summed E-state index contributed by atoms with van der Waals surface area (Å²) in [6.07, 6.45) is 0.390. The van der Waals surface area contributed by atoms with E-state index in [1.165, 1.54) is 0 Å². The number of sulfone groups is 1. The Bertz CT molecular complexity index is 734. The molecule has 1 atom stereocenters. The van der Waals surface area contributed by atoms with E-state index in [2.05, 4.69) is 0 Å². The molecule has 1 saturated heterocycles. The van der Waals surface area contributed by atoms with Crippen molar-refractivity contribution in [3.8, 4) is 0 Å². The lowest BCUT2D eigenvalue weighted by molar-refractivity contribution is -0.138. The summed E-state index contributed by atoms with van der Waals surface area (Å²) in [5, 5.41) is 0. The van der Waals surface area contributed by atoms with E-state index in [4.69, 9.17) is 5.73 Å². The molecule has 144 valence electrons. The minimum absolute atomic E-state index is 0.0754. The summed E-state index contributed by atoms with van der Waals surface area (Å²) >= 11 is 0. The molecule has 0 aliphatic carbocycles. The van der Waals surface area contributed by atoms with Gasteiger partial charge in [-0.25, -0.2) is 8.42 Å². The summed E-state index contributed by atoms with van der Waals surface area (Å²) in [5.74, 6) is -0.653. The number of carbonyl (C=O) groups is 2. The fourth-order valence-electron chi connectivity index (χ4n) is 3.21. The van der Waals surface area contributed by atoms with Crippen LogP contribution in [0.3, 0.4) is 0 Å². The van der Waals surface area contributed by atoms with Crippen molar-refractivity contribution < 1.29 is 18.0 Å². The largest absolute Gasteiger partial charge is 0.368 e. The van der Waals surface area contributed by atoms with Crippen LogP contribution in [0.5, 0.6) is 0 Å². The van der Waals surface area contributed by atoms with Gasteiger partial charge in [-0.2, -0.15) is 0 Å². The quantitative estimate of drug-likeness (QED) is 0.747. The van der Waals surface area contributed by atoms with Gasteiger partial charge in [0.25, 0.3) is 0 Å². The van der Waals surface area contributed by atoms with Gasteiger partial charge in [-0.3, -0.25) is 14.5 Å². The van der Waals surface area contributed by atoms with E-state index >= 15 is 0 Å². The Kier molecular flexibility index (Phi) is 6.77. The Balaban J connectivity index is 1.89. The van der Waals surface area contributed by atoms with E-state index in [-0.39, 0.29) is 42.0 Å². The summed E-state index contributed by atoms with van der Waals surface area (Å²) in [7, 11) is -3.38. The molecule has 1 aromatic rings. The topological polar surface area (TPSA) is 101 Å². The number of primary amides is 1. The Morgan fingerprint density at radius 3 is 2.42 bits per heavy atom. The Morgan fingerprint density at radius 2 is 1.85 bits per heavy atom. The summed E-state index contributed by atoms with van der Waals surface area (Å²) < 4.78 is 24.5. The van der Waals surface area contributed by atoms with Crippen LogP contribution in [0.25, 0.3) is 0 Å². The molecule has 1 aliphatic heterocycles. The standard InChI is InChI=1S/C18H27N3O4S/c1-14(2)21-11-10-20(13-16(21)18(19)23)17(22)9-6-12-26(24,25)15-7-4-3-5-8-15/h3-5,7-8,14,16H,6,9-13H2,1-2H3,(H2,19,23)/t16-/m0/s1. The van der Waals surface area contributed by atoms with E-state index in [9.17, 15) is 18.0 Å². The minimum atomic E-state index is -3.38. The molecular formula is C18H27N3O4S. The number of rotatable bonds is 7. The van der Waals surface area contributed by atoms with Crippen LogP contribution in [-0.2, 0) is 19.4 Å². The lowest BCUT2D eigenvalue weighted by Gasteiger charge is -2.42. The molecule has 2 N–H and O–H groups in total. The molecule has 0 unspecified atom stereocenters. The number of nitrogens with two attached hydrogens (primary N) is 1. The van der Waals surface area contributed by atoms with Gasteiger partial charge in [-0.05, 0) is 32.4 Å². The second-order valence-corrected chi connectivity index (χ2v) is 8.93. The fourth-order valence-corrected chi connectivity index (χ4v) is 4.54. The van der Waals surface area contributed by atoms with E-state index in [0.717, 1.165) is 0 Å². The first-order valence-electron chi connectivity index (χ1n) is 8.83. The number of carbonyl (C=O) groups excluding carboxylic acids is 2. The first-order valence-corrected chi connectivity index (χ1v) is 10.5. The number of hydrogen-bond donors (Lipinski definition) is 1. The van der Waals surface area contributed by atoms with Crippen LogP contribution in [0.2, 0.25) is 0 Å². The molecule has 0 saturated carbocycles. The first kappa shape index (κ1) is 20.4. The molecule has 1 fully saturated rings. The highest BCUT2D eigenvalue weighted by molar-refractivity contribution is 7.91. The molecule has 0 aromatic heterocycles. The molecule has 1 aromatic carbocycles. The molecule has 0 bridgehead atoms. The van der Waals surface area contributed by atoms with Gasteiger partial charge in [0, 0.05) is 32.1 Å². The Morgan fingerprint density at radius 1 is 1.19 bits per heavy atom. The zero-order chi connectivity index (χ0) is 19.3. The van der Waals surface area contributed by atoms with Gasteiger partial charge in [0.2, 0.25) is 11.8 Å². The van der Waals surface area contributed by atoms with Crippen molar-refractivity contribution in [2.75, 3.05) is 25.4 Å². The van der Waals surface area contributed by atoms with Crippen molar-refractivity contribution in [1.29, 1.82) is 0 Å². The van der Waals surface area contributed by atoms with Crippen LogP contribution >= 0.6 is 0 Å². The summed E-state index contributed by atoms with van der Waals surface area (Å²) in [6, 6.07) is 7.89. The molecule has 2 rings (SSSR count). The predicted molar refractivity (Wildman–Crippen MR) is 99.1 cm³/mol. The Labute approximate surface area is 155 Å². The van der Waals surface area contributed by atoms with Gasteiger partial charge < -0.3 is 10.6 Å². The lowest BCUT2D eigenvalue weighted by Crippen LogP contribution is -2.61. The number of benzene rings is 1. The van der Waals surface area contributed by atoms with Gasteiger partial charge in [0.1, 0.15) is 6.04 Å². The van der Waals surface area contributed by atoms with Crippen LogP contribution in [0.1, 0.15) is 26.7 Å². The molecule has 2 amide bonds. The van der Waals surface area contributed by atoms with Gasteiger partial charge in [-0.15, -0.1) is 0 Å². The van der Waals surface area contributed by atoms with E-state index in [1.54, 1.807) is 35.2 Å². The van der Waals surface area contributed by atoms with E-state index < -0.39 is 21.8 Å². The van der Waals surface area contributed by atoms with Crippen molar-refractivity contribution in [2.45, 2.75) is 43.7 Å². The van der Waals surface area contributed by atoms with Crippen molar-refractivity contribution in [3.05, 3.63) is 30.3 Å². The fraction of sp³-hybridized carbons (Fsp3) is 0.556. The SMILES string of the molecule is CC(C)N1CCN(C(=O)CCCS(=O)(=O)c2ccccc2)C[C@H]1C(N)=O. The van der Waals surface area contributed by atoms with Gasteiger partial charge in [0.05, 0.1) is 10.6 Å². The monoisotopic (exact) mass is 381 g/mol. The van der Waals surface area contributed by atoms with Crippen LogP contribution in [-0.4, -0.2) is 67.5 Å². The number of piperazine rings is 1. The van der Waals surface area contributed by atoms with Crippen molar-refractivity contribution in [1.82, 2.24) is 9.80 Å².